The van der Waals surface area contributed by atoms with Gasteiger partial charge in [-0.05, 0) is 17.5 Å². The predicted octanol–water partition coefficient (Wildman–Crippen LogP) is 4.41. The Balaban J connectivity index is 2.48. The molecule has 0 fully saturated rings. The fourth-order valence-electron chi connectivity index (χ4n) is 2.13. The second kappa shape index (κ2) is 3.70. The average molecular weight is 247 g/mol. The van der Waals surface area contributed by atoms with E-state index in [0.717, 1.165) is 11.5 Å². The van der Waals surface area contributed by atoms with E-state index >= 15 is 0 Å². The highest BCUT2D eigenvalue weighted by Crippen LogP contribution is 2.36. The highest BCUT2D eigenvalue weighted by molar-refractivity contribution is 6.06. The molecule has 4 heteroatoms. The Kier molecular flexibility index (Phi) is 2.26. The molecule has 1 nitrogen and oxygen atoms in total. The molecule has 3 rings (SSSR count). The van der Waals surface area contributed by atoms with E-state index in [4.69, 9.17) is 0 Å². The van der Waals surface area contributed by atoms with Crippen molar-refractivity contribution in [1.82, 2.24) is 4.98 Å². The van der Waals surface area contributed by atoms with Crippen LogP contribution in [-0.2, 0) is 6.18 Å². The van der Waals surface area contributed by atoms with Crippen LogP contribution in [0.25, 0.3) is 21.7 Å². The van der Waals surface area contributed by atoms with Crippen molar-refractivity contribution in [1.29, 1.82) is 0 Å². The maximum absolute atomic E-state index is 12.9. The molecule has 90 valence electrons. The highest BCUT2D eigenvalue weighted by Gasteiger charge is 2.32. The molecule has 0 unspecified atom stereocenters. The van der Waals surface area contributed by atoms with Crippen LogP contribution in [0.3, 0.4) is 0 Å². The normalized spacial score (nSPS) is 12.2. The summed E-state index contributed by atoms with van der Waals surface area (Å²) in [6.45, 7) is 0. The van der Waals surface area contributed by atoms with E-state index in [-0.39, 0.29) is 5.39 Å². The molecule has 2 aromatic carbocycles. The van der Waals surface area contributed by atoms with Gasteiger partial charge in [0.1, 0.15) is 0 Å². The first-order chi connectivity index (χ1) is 8.57. The van der Waals surface area contributed by atoms with Crippen molar-refractivity contribution in [2.45, 2.75) is 6.18 Å². The van der Waals surface area contributed by atoms with Crippen molar-refractivity contribution in [2.75, 3.05) is 0 Å². The number of benzene rings is 2. The Labute approximate surface area is 101 Å². The van der Waals surface area contributed by atoms with Crippen molar-refractivity contribution >= 4 is 21.7 Å². The molecule has 0 aliphatic heterocycles. The van der Waals surface area contributed by atoms with Crippen LogP contribution in [-0.4, -0.2) is 4.98 Å². The molecule has 0 bridgehead atoms. The minimum absolute atomic E-state index is 0.142. The van der Waals surface area contributed by atoms with Crippen LogP contribution in [0.2, 0.25) is 0 Å². The van der Waals surface area contributed by atoms with E-state index in [2.05, 4.69) is 4.98 Å². The quantitative estimate of drug-likeness (QED) is 0.536. The molecule has 0 radical (unpaired) electrons. The lowest BCUT2D eigenvalue weighted by Gasteiger charge is -2.11. The zero-order valence-corrected chi connectivity index (χ0v) is 9.20. The monoisotopic (exact) mass is 247 g/mol. The van der Waals surface area contributed by atoms with Crippen LogP contribution in [0, 0.1) is 0 Å². The van der Waals surface area contributed by atoms with E-state index in [1.165, 1.54) is 12.3 Å². The minimum atomic E-state index is -4.36. The number of halogens is 3. The first kappa shape index (κ1) is 11.0. The summed E-state index contributed by atoms with van der Waals surface area (Å²) < 4.78 is 38.7. The Bertz CT molecular complexity index is 732. The van der Waals surface area contributed by atoms with Gasteiger partial charge in [-0.25, -0.2) is 0 Å². The lowest BCUT2D eigenvalue weighted by molar-refractivity contribution is -0.136. The van der Waals surface area contributed by atoms with Gasteiger partial charge in [0.05, 0.1) is 11.1 Å². The van der Waals surface area contributed by atoms with Gasteiger partial charge >= 0.3 is 6.18 Å². The lowest BCUT2D eigenvalue weighted by atomic mass is 10.0. The zero-order valence-electron chi connectivity index (χ0n) is 9.20. The summed E-state index contributed by atoms with van der Waals surface area (Å²) in [4.78, 5) is 4.08. The fourth-order valence-corrected chi connectivity index (χ4v) is 2.13. The van der Waals surface area contributed by atoms with E-state index in [9.17, 15) is 13.2 Å². The average Bonchev–Trinajstić information content (AvgIpc) is 2.36. The molecule has 0 aliphatic carbocycles. The molecule has 0 atom stereocenters. The molecule has 1 heterocycles. The number of hydrogen-bond donors (Lipinski definition) is 0. The maximum Gasteiger partial charge on any atom is 0.417 e. The molecule has 0 saturated heterocycles. The van der Waals surface area contributed by atoms with Crippen LogP contribution in [0.5, 0.6) is 0 Å². The van der Waals surface area contributed by atoms with Gasteiger partial charge in [0.2, 0.25) is 0 Å². The summed E-state index contributed by atoms with van der Waals surface area (Å²) >= 11 is 0. The smallest absolute Gasteiger partial charge is 0.256 e. The third-order valence-electron chi connectivity index (χ3n) is 2.94. The van der Waals surface area contributed by atoms with Crippen molar-refractivity contribution in [3.05, 3.63) is 54.2 Å². The highest BCUT2D eigenvalue weighted by atomic mass is 19.4. The molecule has 18 heavy (non-hydrogen) atoms. The first-order valence-electron chi connectivity index (χ1n) is 5.41. The second-order valence-electron chi connectivity index (χ2n) is 4.04. The predicted molar refractivity (Wildman–Crippen MR) is 64.3 cm³/mol. The molecule has 0 saturated carbocycles. The van der Waals surface area contributed by atoms with Gasteiger partial charge in [0.15, 0.2) is 0 Å². The Morgan fingerprint density at radius 3 is 2.28 bits per heavy atom. The molecule has 0 amide bonds. The Morgan fingerprint density at radius 1 is 0.778 bits per heavy atom. The van der Waals surface area contributed by atoms with Crippen LogP contribution in [0.1, 0.15) is 5.56 Å². The number of para-hydroxylation sites is 1. The van der Waals surface area contributed by atoms with Crippen molar-refractivity contribution in [2.24, 2.45) is 0 Å². The van der Waals surface area contributed by atoms with E-state index in [0.29, 0.717) is 10.9 Å². The summed E-state index contributed by atoms with van der Waals surface area (Å²) in [6, 6.07) is 11.4. The maximum atomic E-state index is 12.9. The number of alkyl halides is 3. The van der Waals surface area contributed by atoms with Crippen LogP contribution >= 0.6 is 0 Å². The molecular formula is C14H8F3N. The first-order valence-corrected chi connectivity index (χ1v) is 5.41. The summed E-state index contributed by atoms with van der Waals surface area (Å²) in [5.74, 6) is 0. The van der Waals surface area contributed by atoms with Gasteiger partial charge in [-0.15, -0.1) is 0 Å². The third kappa shape index (κ3) is 1.61. The molecule has 3 aromatic rings. The van der Waals surface area contributed by atoms with E-state index < -0.39 is 11.7 Å². The summed E-state index contributed by atoms with van der Waals surface area (Å²) in [6.07, 6.45) is -3.07. The standard InChI is InChI=1S/C14H8F3N/c15-14(16,17)12-6-3-5-9-10-4-1-2-7-13(10)18-8-11(9)12/h1-8H. The number of rotatable bonds is 0. The van der Waals surface area contributed by atoms with Gasteiger partial charge < -0.3 is 0 Å². The Hall–Kier alpha value is -2.10. The molecule has 0 N–H and O–H groups in total. The minimum Gasteiger partial charge on any atom is -0.256 e. The fraction of sp³-hybridized carbons (Fsp3) is 0.0714. The van der Waals surface area contributed by atoms with E-state index in [1.807, 2.05) is 6.07 Å². The number of aromatic nitrogens is 1. The zero-order chi connectivity index (χ0) is 12.8. The third-order valence-corrected chi connectivity index (χ3v) is 2.94. The van der Waals surface area contributed by atoms with Crippen LogP contribution in [0.4, 0.5) is 13.2 Å². The Morgan fingerprint density at radius 2 is 1.50 bits per heavy atom. The summed E-state index contributed by atoms with van der Waals surface area (Å²) in [5.41, 5.74) is 0.0579. The van der Waals surface area contributed by atoms with Crippen LogP contribution in [0.15, 0.2) is 48.7 Å². The van der Waals surface area contributed by atoms with Gasteiger partial charge in [-0.1, -0.05) is 30.3 Å². The summed E-state index contributed by atoms with van der Waals surface area (Å²) in [5, 5.41) is 1.46. The number of hydrogen-bond acceptors (Lipinski definition) is 1. The van der Waals surface area contributed by atoms with Gasteiger partial charge in [0.25, 0.3) is 0 Å². The largest absolute Gasteiger partial charge is 0.417 e. The van der Waals surface area contributed by atoms with Gasteiger partial charge in [0, 0.05) is 17.0 Å². The van der Waals surface area contributed by atoms with Gasteiger partial charge in [-0.3, -0.25) is 4.98 Å². The van der Waals surface area contributed by atoms with Crippen molar-refractivity contribution in [3.8, 4) is 0 Å². The molecule has 0 aliphatic rings. The van der Waals surface area contributed by atoms with Gasteiger partial charge in [-0.2, -0.15) is 13.2 Å². The second-order valence-corrected chi connectivity index (χ2v) is 4.04. The summed E-state index contributed by atoms with van der Waals surface area (Å²) in [7, 11) is 0. The molecular weight excluding hydrogens is 239 g/mol. The van der Waals surface area contributed by atoms with Crippen LogP contribution < -0.4 is 0 Å². The van der Waals surface area contributed by atoms with E-state index in [1.54, 1.807) is 24.3 Å². The molecule has 1 aromatic heterocycles. The lowest BCUT2D eigenvalue weighted by Crippen LogP contribution is -2.05. The number of pyridine rings is 1. The number of nitrogens with zero attached hydrogens (tertiary/aromatic N) is 1. The van der Waals surface area contributed by atoms with Crippen molar-refractivity contribution < 1.29 is 13.2 Å². The SMILES string of the molecule is FC(F)(F)c1cccc2c1cnc1ccccc12. The van der Waals surface area contributed by atoms with Crippen molar-refractivity contribution in [3.63, 3.8) is 0 Å². The molecule has 0 spiro atoms. The topological polar surface area (TPSA) is 12.9 Å². The number of fused-ring (bicyclic) bond motifs is 3.